The predicted octanol–water partition coefficient (Wildman–Crippen LogP) is 2.77. The smallest absolute Gasteiger partial charge is 0.251 e. The van der Waals surface area contributed by atoms with Crippen molar-refractivity contribution in [3.05, 3.63) is 23.8 Å². The highest BCUT2D eigenvalue weighted by Gasteiger charge is 2.43. The lowest BCUT2D eigenvalue weighted by Gasteiger charge is -2.38. The fourth-order valence-corrected chi connectivity index (χ4v) is 5.42. The molecule has 0 radical (unpaired) electrons. The predicted molar refractivity (Wildman–Crippen MR) is 101 cm³/mol. The van der Waals surface area contributed by atoms with Crippen LogP contribution in [-0.2, 0) is 0 Å². The summed E-state index contributed by atoms with van der Waals surface area (Å²) in [6.07, 6.45) is 5.95. The summed E-state index contributed by atoms with van der Waals surface area (Å²) >= 11 is 1.72. The Hall–Kier alpha value is -1.66. The standard InChI is InChI=1S/C19H24N4OS/c24-17(21-14-3-1-2-4-14)13-5-6-15-16(9-13)25-18(22-15)23-8-7-19(12-23)10-20-11-19/h5-6,9,14,20H,1-4,7-8,10-12H2,(H,21,24). The van der Waals surface area contributed by atoms with Crippen LogP contribution in [0.25, 0.3) is 10.2 Å². The number of fused-ring (bicyclic) bond motifs is 1. The number of carbonyl (C=O) groups is 1. The highest BCUT2D eigenvalue weighted by molar-refractivity contribution is 7.22. The van der Waals surface area contributed by atoms with Crippen LogP contribution in [0.2, 0.25) is 0 Å². The molecule has 2 N–H and O–H groups in total. The fraction of sp³-hybridized carbons (Fsp3) is 0.579. The molecule has 6 heteroatoms. The quantitative estimate of drug-likeness (QED) is 0.888. The van der Waals surface area contributed by atoms with Crippen molar-refractivity contribution in [2.24, 2.45) is 5.41 Å². The molecule has 132 valence electrons. The van der Waals surface area contributed by atoms with Crippen LogP contribution in [-0.4, -0.2) is 43.1 Å². The Bertz CT molecular complexity index is 807. The third-order valence-electron chi connectivity index (χ3n) is 6.04. The van der Waals surface area contributed by atoms with Gasteiger partial charge in [-0.2, -0.15) is 0 Å². The van der Waals surface area contributed by atoms with Crippen molar-refractivity contribution in [3.63, 3.8) is 0 Å². The average molecular weight is 356 g/mol. The van der Waals surface area contributed by atoms with Gasteiger partial charge < -0.3 is 15.5 Å². The van der Waals surface area contributed by atoms with Crippen LogP contribution in [0, 0.1) is 5.41 Å². The number of amides is 1. The second-order valence-electron chi connectivity index (χ2n) is 7.91. The summed E-state index contributed by atoms with van der Waals surface area (Å²) in [4.78, 5) is 19.7. The molecule has 0 atom stereocenters. The van der Waals surface area contributed by atoms with Gasteiger partial charge in [-0.15, -0.1) is 0 Å². The number of hydrogen-bond acceptors (Lipinski definition) is 5. The summed E-state index contributed by atoms with van der Waals surface area (Å²) in [6, 6.07) is 6.28. The summed E-state index contributed by atoms with van der Waals surface area (Å²) in [5.74, 6) is 0.0596. The van der Waals surface area contributed by atoms with E-state index in [0.717, 1.165) is 59.9 Å². The first kappa shape index (κ1) is 15.6. The van der Waals surface area contributed by atoms with Crippen LogP contribution in [0.4, 0.5) is 5.13 Å². The van der Waals surface area contributed by atoms with E-state index in [1.807, 2.05) is 18.2 Å². The summed E-state index contributed by atoms with van der Waals surface area (Å²) in [5.41, 5.74) is 2.24. The summed E-state index contributed by atoms with van der Waals surface area (Å²) in [7, 11) is 0. The van der Waals surface area contributed by atoms with Crippen molar-refractivity contribution in [1.29, 1.82) is 0 Å². The highest BCUT2D eigenvalue weighted by atomic mass is 32.1. The molecule has 5 rings (SSSR count). The molecule has 3 heterocycles. The molecule has 2 aromatic rings. The van der Waals surface area contributed by atoms with Crippen LogP contribution in [0.1, 0.15) is 42.5 Å². The average Bonchev–Trinajstić information content (AvgIpc) is 3.31. The third-order valence-corrected chi connectivity index (χ3v) is 7.12. The van der Waals surface area contributed by atoms with E-state index in [1.165, 1.54) is 19.3 Å². The van der Waals surface area contributed by atoms with Crippen LogP contribution < -0.4 is 15.5 Å². The van der Waals surface area contributed by atoms with E-state index in [-0.39, 0.29) is 5.91 Å². The molecule has 3 fully saturated rings. The van der Waals surface area contributed by atoms with Crippen molar-refractivity contribution in [2.45, 2.75) is 38.1 Å². The minimum Gasteiger partial charge on any atom is -0.349 e. The molecule has 25 heavy (non-hydrogen) atoms. The highest BCUT2D eigenvalue weighted by Crippen LogP contribution is 2.39. The molecule has 1 spiro atoms. The second-order valence-corrected chi connectivity index (χ2v) is 8.92. The second kappa shape index (κ2) is 5.95. The first-order valence-corrected chi connectivity index (χ1v) is 10.2. The molecule has 1 amide bonds. The Labute approximate surface area is 151 Å². The number of hydrogen-bond donors (Lipinski definition) is 2. The van der Waals surface area contributed by atoms with E-state index >= 15 is 0 Å². The maximum absolute atomic E-state index is 12.5. The van der Waals surface area contributed by atoms with E-state index in [1.54, 1.807) is 11.3 Å². The Morgan fingerprint density at radius 3 is 2.88 bits per heavy atom. The molecule has 1 saturated carbocycles. The first-order chi connectivity index (χ1) is 12.2. The number of nitrogens with zero attached hydrogens (tertiary/aromatic N) is 2. The number of nitrogens with one attached hydrogen (secondary N) is 2. The minimum absolute atomic E-state index is 0.0596. The van der Waals surface area contributed by atoms with Crippen LogP contribution in [0.3, 0.4) is 0 Å². The van der Waals surface area contributed by atoms with Crippen LogP contribution in [0.15, 0.2) is 18.2 Å². The van der Waals surface area contributed by atoms with Crippen molar-refractivity contribution < 1.29 is 4.79 Å². The zero-order valence-electron chi connectivity index (χ0n) is 14.4. The van der Waals surface area contributed by atoms with E-state index in [4.69, 9.17) is 4.98 Å². The molecule has 1 aliphatic carbocycles. The van der Waals surface area contributed by atoms with Crippen LogP contribution in [0.5, 0.6) is 0 Å². The topological polar surface area (TPSA) is 57.3 Å². The fourth-order valence-electron chi connectivity index (χ4n) is 4.39. The molecule has 5 nitrogen and oxygen atoms in total. The Morgan fingerprint density at radius 1 is 1.32 bits per heavy atom. The van der Waals surface area contributed by atoms with Gasteiger partial charge in [-0.3, -0.25) is 4.79 Å². The molecule has 2 saturated heterocycles. The van der Waals surface area contributed by atoms with Gasteiger partial charge in [0.1, 0.15) is 0 Å². The molecule has 2 aliphatic heterocycles. The zero-order valence-corrected chi connectivity index (χ0v) is 15.2. The lowest BCUT2D eigenvalue weighted by atomic mass is 9.81. The Morgan fingerprint density at radius 2 is 2.16 bits per heavy atom. The van der Waals surface area contributed by atoms with Gasteiger partial charge in [0, 0.05) is 43.2 Å². The lowest BCUT2D eigenvalue weighted by molar-refractivity contribution is 0.0938. The number of carbonyl (C=O) groups excluding carboxylic acids is 1. The van der Waals surface area contributed by atoms with Gasteiger partial charge >= 0.3 is 0 Å². The zero-order chi connectivity index (χ0) is 16.9. The van der Waals surface area contributed by atoms with Crippen molar-refractivity contribution >= 4 is 32.6 Å². The number of anilines is 1. The summed E-state index contributed by atoms with van der Waals surface area (Å²) < 4.78 is 1.11. The molecule has 1 aromatic heterocycles. The van der Waals surface area contributed by atoms with Gasteiger partial charge in [0.15, 0.2) is 5.13 Å². The van der Waals surface area contributed by atoms with Crippen LogP contribution >= 0.6 is 11.3 Å². The van der Waals surface area contributed by atoms with E-state index < -0.39 is 0 Å². The number of thiazole rings is 1. The molecule has 0 bridgehead atoms. The lowest BCUT2D eigenvalue weighted by Crippen LogP contribution is -2.54. The molecular formula is C19H24N4OS. The first-order valence-electron chi connectivity index (χ1n) is 9.38. The summed E-state index contributed by atoms with van der Waals surface area (Å²) in [6.45, 7) is 4.48. The molecule has 0 unspecified atom stereocenters. The molecular weight excluding hydrogens is 332 g/mol. The van der Waals surface area contributed by atoms with Crippen molar-refractivity contribution in [3.8, 4) is 0 Å². The van der Waals surface area contributed by atoms with Crippen molar-refractivity contribution in [1.82, 2.24) is 15.6 Å². The number of aromatic nitrogens is 1. The SMILES string of the molecule is O=C(NC1CCCC1)c1ccc2nc(N3CCC4(CNC4)C3)sc2c1. The van der Waals surface area contributed by atoms with E-state index in [9.17, 15) is 4.79 Å². The maximum Gasteiger partial charge on any atom is 0.251 e. The van der Waals surface area contributed by atoms with E-state index in [0.29, 0.717) is 11.5 Å². The third kappa shape index (κ3) is 2.81. The van der Waals surface area contributed by atoms with Gasteiger partial charge in [0.2, 0.25) is 0 Å². The Kier molecular flexibility index (Phi) is 3.71. The van der Waals surface area contributed by atoms with Gasteiger partial charge in [-0.25, -0.2) is 4.98 Å². The monoisotopic (exact) mass is 356 g/mol. The maximum atomic E-state index is 12.5. The van der Waals surface area contributed by atoms with Gasteiger partial charge in [-0.1, -0.05) is 24.2 Å². The van der Waals surface area contributed by atoms with Gasteiger partial charge in [-0.05, 0) is 37.5 Å². The Balaban J connectivity index is 1.34. The summed E-state index contributed by atoms with van der Waals surface area (Å²) in [5, 5.41) is 7.68. The van der Waals surface area contributed by atoms with E-state index in [2.05, 4.69) is 15.5 Å². The minimum atomic E-state index is 0.0596. The normalized spacial score (nSPS) is 22.6. The van der Waals surface area contributed by atoms with Gasteiger partial charge in [0.25, 0.3) is 5.91 Å². The molecule has 1 aromatic carbocycles. The number of benzene rings is 1. The van der Waals surface area contributed by atoms with Gasteiger partial charge in [0.05, 0.1) is 10.2 Å². The van der Waals surface area contributed by atoms with Crippen molar-refractivity contribution in [2.75, 3.05) is 31.1 Å². The molecule has 3 aliphatic rings. The number of rotatable bonds is 3. The largest absolute Gasteiger partial charge is 0.349 e.